The monoisotopic (exact) mass is 283 g/mol. The van der Waals surface area contributed by atoms with Crippen molar-refractivity contribution in [3.05, 3.63) is 52.5 Å². The third-order valence-corrected chi connectivity index (χ3v) is 2.93. The number of aliphatic hydroxyl groups is 1. The highest BCUT2D eigenvalue weighted by Gasteiger charge is 2.13. The average molecular weight is 283 g/mol. The minimum Gasteiger partial charge on any atom is -0.466 e. The molecule has 0 aliphatic carbocycles. The summed E-state index contributed by atoms with van der Waals surface area (Å²) in [4.78, 5) is 12.2. The zero-order valence-corrected chi connectivity index (χ0v) is 12.3. The first-order valence-corrected chi connectivity index (χ1v) is 6.59. The van der Waals surface area contributed by atoms with E-state index >= 15 is 0 Å². The zero-order chi connectivity index (χ0) is 15.4. The minimum atomic E-state index is -0.212. The Bertz CT molecular complexity index is 732. The van der Waals surface area contributed by atoms with Crippen LogP contribution in [0.15, 0.2) is 28.7 Å². The van der Waals surface area contributed by atoms with Crippen LogP contribution < -0.4 is 5.32 Å². The summed E-state index contributed by atoms with van der Waals surface area (Å²) in [6.07, 6.45) is 0. The van der Waals surface area contributed by atoms with Crippen LogP contribution in [-0.4, -0.2) is 17.6 Å². The second-order valence-corrected chi connectivity index (χ2v) is 4.83. The molecule has 1 amide bonds. The van der Waals surface area contributed by atoms with Crippen LogP contribution >= 0.6 is 0 Å². The Hall–Kier alpha value is -2.51. The van der Waals surface area contributed by atoms with E-state index < -0.39 is 0 Å². The Morgan fingerprint density at radius 2 is 2.00 bits per heavy atom. The summed E-state index contributed by atoms with van der Waals surface area (Å²) >= 11 is 0. The van der Waals surface area contributed by atoms with Crippen molar-refractivity contribution in [3.63, 3.8) is 0 Å². The number of nitrogens with one attached hydrogen (secondary N) is 1. The molecule has 0 unspecified atom stereocenters. The third kappa shape index (κ3) is 3.74. The molecule has 0 atom stereocenters. The molecule has 4 heteroatoms. The summed E-state index contributed by atoms with van der Waals surface area (Å²) in [5, 5.41) is 11.6. The van der Waals surface area contributed by atoms with E-state index in [9.17, 15) is 4.79 Å². The number of aryl methyl sites for hydroxylation is 3. The van der Waals surface area contributed by atoms with E-state index in [1.807, 2.05) is 19.1 Å². The first-order chi connectivity index (χ1) is 9.99. The predicted octanol–water partition coefficient (Wildman–Crippen LogP) is 2.80. The number of rotatable bonds is 2. The van der Waals surface area contributed by atoms with Gasteiger partial charge in [0.2, 0.25) is 0 Å². The highest BCUT2D eigenvalue weighted by Crippen LogP contribution is 2.18. The summed E-state index contributed by atoms with van der Waals surface area (Å²) in [5.74, 6) is 6.52. The van der Waals surface area contributed by atoms with Gasteiger partial charge >= 0.3 is 0 Å². The normalized spacial score (nSPS) is 9.90. The van der Waals surface area contributed by atoms with Crippen molar-refractivity contribution < 1.29 is 14.3 Å². The van der Waals surface area contributed by atoms with E-state index in [0.717, 1.165) is 11.1 Å². The molecule has 4 nitrogen and oxygen atoms in total. The highest BCUT2D eigenvalue weighted by atomic mass is 16.3. The zero-order valence-electron chi connectivity index (χ0n) is 12.3. The quantitative estimate of drug-likeness (QED) is 0.833. The van der Waals surface area contributed by atoms with E-state index in [0.29, 0.717) is 22.8 Å². The fourth-order valence-electron chi connectivity index (χ4n) is 2.12. The van der Waals surface area contributed by atoms with E-state index in [4.69, 9.17) is 9.52 Å². The van der Waals surface area contributed by atoms with Crippen LogP contribution in [0.4, 0.5) is 5.69 Å². The molecule has 1 aromatic carbocycles. The number of benzene rings is 1. The Kier molecular flexibility index (Phi) is 4.46. The molecular weight excluding hydrogens is 266 g/mol. The molecule has 108 valence electrons. The number of amides is 1. The maximum Gasteiger partial charge on any atom is 0.259 e. The molecule has 0 fully saturated rings. The van der Waals surface area contributed by atoms with Gasteiger partial charge in [-0.05, 0) is 50.6 Å². The van der Waals surface area contributed by atoms with Crippen LogP contribution in [0.25, 0.3) is 0 Å². The van der Waals surface area contributed by atoms with Gasteiger partial charge in [-0.15, -0.1) is 0 Å². The lowest BCUT2D eigenvalue weighted by molar-refractivity contribution is 0.102. The van der Waals surface area contributed by atoms with Gasteiger partial charge in [0.05, 0.1) is 5.56 Å². The Morgan fingerprint density at radius 3 is 2.62 bits per heavy atom. The van der Waals surface area contributed by atoms with Gasteiger partial charge in [-0.25, -0.2) is 0 Å². The third-order valence-electron chi connectivity index (χ3n) is 2.93. The molecule has 1 heterocycles. The van der Waals surface area contributed by atoms with Crippen LogP contribution in [-0.2, 0) is 0 Å². The molecule has 0 aliphatic heterocycles. The molecule has 2 N–H and O–H groups in total. The standard InChI is InChI=1S/C17H17NO3/c1-11-7-14(5-4-6-19)10-15(8-11)18-17(20)16-9-12(2)21-13(16)3/h7-10,19H,6H2,1-3H3,(H,18,20). The van der Waals surface area contributed by atoms with Crippen LogP contribution in [0.5, 0.6) is 0 Å². The van der Waals surface area contributed by atoms with E-state index in [1.165, 1.54) is 0 Å². The van der Waals surface area contributed by atoms with Gasteiger partial charge in [-0.2, -0.15) is 0 Å². The van der Waals surface area contributed by atoms with E-state index in [2.05, 4.69) is 17.2 Å². The number of carbonyl (C=O) groups excluding carboxylic acids is 1. The van der Waals surface area contributed by atoms with Gasteiger partial charge in [0.1, 0.15) is 18.1 Å². The second-order valence-electron chi connectivity index (χ2n) is 4.83. The molecule has 21 heavy (non-hydrogen) atoms. The second kappa shape index (κ2) is 6.29. The van der Waals surface area contributed by atoms with Gasteiger partial charge in [0, 0.05) is 11.3 Å². The van der Waals surface area contributed by atoms with Crippen molar-refractivity contribution in [2.45, 2.75) is 20.8 Å². The van der Waals surface area contributed by atoms with Crippen LogP contribution in [0.2, 0.25) is 0 Å². The number of hydrogen-bond acceptors (Lipinski definition) is 3. The molecule has 0 saturated carbocycles. The molecule has 0 aliphatic rings. The number of aliphatic hydroxyl groups excluding tert-OH is 1. The fourth-order valence-corrected chi connectivity index (χ4v) is 2.12. The average Bonchev–Trinajstić information content (AvgIpc) is 2.75. The first kappa shape index (κ1) is 14.9. The van der Waals surface area contributed by atoms with Crippen LogP contribution in [0.1, 0.15) is 33.0 Å². The largest absolute Gasteiger partial charge is 0.466 e. The number of carbonyl (C=O) groups is 1. The van der Waals surface area contributed by atoms with Gasteiger partial charge in [-0.1, -0.05) is 11.8 Å². The van der Waals surface area contributed by atoms with Crippen molar-refractivity contribution in [3.8, 4) is 11.8 Å². The van der Waals surface area contributed by atoms with Crippen molar-refractivity contribution in [1.29, 1.82) is 0 Å². The maximum absolute atomic E-state index is 12.2. The van der Waals surface area contributed by atoms with Gasteiger partial charge in [0.15, 0.2) is 0 Å². The lowest BCUT2D eigenvalue weighted by Crippen LogP contribution is -2.12. The fraction of sp³-hybridized carbons (Fsp3) is 0.235. The number of furan rings is 1. The molecule has 1 aromatic heterocycles. The first-order valence-electron chi connectivity index (χ1n) is 6.59. The molecular formula is C17H17NO3. The van der Waals surface area contributed by atoms with Crippen molar-refractivity contribution in [2.75, 3.05) is 11.9 Å². The lowest BCUT2D eigenvalue weighted by atomic mass is 10.1. The topological polar surface area (TPSA) is 62.5 Å². The SMILES string of the molecule is Cc1cc(C#CCO)cc(NC(=O)c2cc(C)oc2C)c1. The molecule has 2 rings (SSSR count). The predicted molar refractivity (Wildman–Crippen MR) is 81.3 cm³/mol. The van der Waals surface area contributed by atoms with Gasteiger partial charge in [-0.3, -0.25) is 4.79 Å². The van der Waals surface area contributed by atoms with Gasteiger partial charge < -0.3 is 14.8 Å². The van der Waals surface area contributed by atoms with E-state index in [1.54, 1.807) is 26.0 Å². The number of hydrogen-bond donors (Lipinski definition) is 2. The smallest absolute Gasteiger partial charge is 0.259 e. The molecule has 2 aromatic rings. The summed E-state index contributed by atoms with van der Waals surface area (Å²) < 4.78 is 5.36. The summed E-state index contributed by atoms with van der Waals surface area (Å²) in [7, 11) is 0. The summed E-state index contributed by atoms with van der Waals surface area (Å²) in [6, 6.07) is 7.25. The Morgan fingerprint density at radius 1 is 1.24 bits per heavy atom. The van der Waals surface area contributed by atoms with Crippen molar-refractivity contribution in [1.82, 2.24) is 0 Å². The molecule has 0 saturated heterocycles. The summed E-state index contributed by atoms with van der Waals surface area (Å²) in [6.45, 7) is 5.30. The van der Waals surface area contributed by atoms with Crippen LogP contribution in [0.3, 0.4) is 0 Å². The van der Waals surface area contributed by atoms with Crippen molar-refractivity contribution in [2.24, 2.45) is 0 Å². The maximum atomic E-state index is 12.2. The number of anilines is 1. The minimum absolute atomic E-state index is 0.191. The van der Waals surface area contributed by atoms with Crippen molar-refractivity contribution >= 4 is 11.6 Å². The summed E-state index contributed by atoms with van der Waals surface area (Å²) in [5.41, 5.74) is 2.92. The van der Waals surface area contributed by atoms with E-state index in [-0.39, 0.29) is 12.5 Å². The lowest BCUT2D eigenvalue weighted by Gasteiger charge is -2.06. The van der Waals surface area contributed by atoms with Gasteiger partial charge in [0.25, 0.3) is 5.91 Å². The van der Waals surface area contributed by atoms with Crippen LogP contribution in [0, 0.1) is 32.6 Å². The molecule has 0 radical (unpaired) electrons. The Labute approximate surface area is 123 Å². The Balaban J connectivity index is 2.25. The molecule has 0 bridgehead atoms. The highest BCUT2D eigenvalue weighted by molar-refractivity contribution is 6.05. The molecule has 0 spiro atoms.